The predicted molar refractivity (Wildman–Crippen MR) is 85.1 cm³/mol. The van der Waals surface area contributed by atoms with Crippen molar-refractivity contribution in [1.29, 1.82) is 0 Å². The quantitative estimate of drug-likeness (QED) is 0.884. The van der Waals surface area contributed by atoms with E-state index >= 15 is 0 Å². The molecular weight excluding hydrogens is 320 g/mol. The zero-order valence-corrected chi connectivity index (χ0v) is 14.4. The third-order valence-electron chi connectivity index (χ3n) is 4.49. The van der Waals surface area contributed by atoms with Gasteiger partial charge in [0.25, 0.3) is 0 Å². The van der Waals surface area contributed by atoms with E-state index in [1.165, 1.54) is 20.3 Å². The number of carboxylic acid groups (broad SMARTS) is 1. The first-order valence-corrected chi connectivity index (χ1v) is 9.36. The Morgan fingerprint density at radius 2 is 1.61 bits per heavy atom. The Balaban J connectivity index is 2.89. The lowest BCUT2D eigenvalue weighted by atomic mass is 9.69. The van der Waals surface area contributed by atoms with Gasteiger partial charge in [-0.3, -0.25) is 4.79 Å². The number of hydrogen-bond acceptors (Lipinski definition) is 5. The monoisotopic (exact) mass is 342 g/mol. The normalized spacial score (nSPS) is 17.5. The molecule has 128 valence electrons. The topological polar surface area (TPSA) is 89.9 Å². The van der Waals surface area contributed by atoms with Crippen molar-refractivity contribution in [2.75, 3.05) is 20.5 Å². The van der Waals surface area contributed by atoms with Gasteiger partial charge >= 0.3 is 5.97 Å². The lowest BCUT2D eigenvalue weighted by molar-refractivity contribution is -0.145. The van der Waals surface area contributed by atoms with Gasteiger partial charge < -0.3 is 14.6 Å². The number of rotatable bonds is 5. The van der Waals surface area contributed by atoms with E-state index < -0.39 is 21.2 Å². The van der Waals surface area contributed by atoms with Crippen molar-refractivity contribution in [2.45, 2.75) is 42.4 Å². The average Bonchev–Trinajstić information content (AvgIpc) is 2.53. The lowest BCUT2D eigenvalue weighted by Crippen LogP contribution is -2.39. The Hall–Kier alpha value is -1.76. The van der Waals surface area contributed by atoms with Crippen LogP contribution in [-0.4, -0.2) is 40.0 Å². The summed E-state index contributed by atoms with van der Waals surface area (Å²) in [6, 6.07) is 3.07. The van der Waals surface area contributed by atoms with Crippen LogP contribution in [0.1, 0.15) is 37.7 Å². The summed E-state index contributed by atoms with van der Waals surface area (Å²) in [5.74, 6) is -0.598. The van der Waals surface area contributed by atoms with Gasteiger partial charge in [-0.15, -0.1) is 0 Å². The highest BCUT2D eigenvalue weighted by molar-refractivity contribution is 7.90. The molecule has 1 saturated carbocycles. The fraction of sp³-hybridized carbons (Fsp3) is 0.562. The van der Waals surface area contributed by atoms with Crippen LogP contribution in [0.2, 0.25) is 0 Å². The summed E-state index contributed by atoms with van der Waals surface area (Å²) in [5, 5.41) is 9.92. The fourth-order valence-corrected chi connectivity index (χ4v) is 4.61. The molecule has 2 rings (SSSR count). The molecule has 7 heteroatoms. The van der Waals surface area contributed by atoms with Gasteiger partial charge in [0.2, 0.25) is 0 Å². The van der Waals surface area contributed by atoms with E-state index in [0.29, 0.717) is 12.8 Å². The minimum absolute atomic E-state index is 0.0800. The fourth-order valence-electron chi connectivity index (χ4n) is 3.42. The van der Waals surface area contributed by atoms with Crippen molar-refractivity contribution in [2.24, 2.45) is 0 Å². The summed E-state index contributed by atoms with van der Waals surface area (Å²) >= 11 is 0. The van der Waals surface area contributed by atoms with Gasteiger partial charge in [0, 0.05) is 11.8 Å². The summed E-state index contributed by atoms with van der Waals surface area (Å²) in [6.45, 7) is 0. The molecule has 0 spiro atoms. The highest BCUT2D eigenvalue weighted by Gasteiger charge is 2.47. The highest BCUT2D eigenvalue weighted by Crippen LogP contribution is 2.48. The number of carboxylic acids is 1. The Labute approximate surface area is 136 Å². The molecule has 0 saturated heterocycles. The van der Waals surface area contributed by atoms with Crippen LogP contribution in [0.4, 0.5) is 0 Å². The summed E-state index contributed by atoms with van der Waals surface area (Å²) < 4.78 is 35.3. The lowest BCUT2D eigenvalue weighted by Gasteiger charge is -2.36. The van der Waals surface area contributed by atoms with Crippen LogP contribution in [0.25, 0.3) is 0 Å². The molecule has 1 aliphatic carbocycles. The maximum Gasteiger partial charge on any atom is 0.314 e. The van der Waals surface area contributed by atoms with Crippen molar-refractivity contribution in [3.05, 3.63) is 17.7 Å². The molecule has 1 fully saturated rings. The second-order valence-electron chi connectivity index (χ2n) is 5.89. The molecule has 0 aliphatic heterocycles. The molecule has 1 aromatic carbocycles. The largest absolute Gasteiger partial charge is 0.496 e. The van der Waals surface area contributed by atoms with Crippen LogP contribution >= 0.6 is 0 Å². The summed E-state index contributed by atoms with van der Waals surface area (Å²) in [4.78, 5) is 12.1. The smallest absolute Gasteiger partial charge is 0.314 e. The van der Waals surface area contributed by atoms with E-state index in [9.17, 15) is 18.3 Å². The number of carbonyl (C=O) groups is 1. The minimum Gasteiger partial charge on any atom is -0.496 e. The number of hydrogen-bond donors (Lipinski definition) is 1. The molecule has 6 nitrogen and oxygen atoms in total. The van der Waals surface area contributed by atoms with Crippen LogP contribution in [-0.2, 0) is 20.0 Å². The first-order chi connectivity index (χ1) is 10.8. The summed E-state index contributed by atoms with van der Waals surface area (Å²) in [5.41, 5.74) is -1.05. The van der Waals surface area contributed by atoms with Gasteiger partial charge in [-0.1, -0.05) is 19.3 Å². The molecule has 1 aromatic rings. The molecule has 0 unspecified atom stereocenters. The summed E-state index contributed by atoms with van der Waals surface area (Å²) in [7, 11) is -0.916. The van der Waals surface area contributed by atoms with Gasteiger partial charge in [-0.05, 0) is 25.0 Å². The first kappa shape index (κ1) is 17.6. The first-order valence-electron chi connectivity index (χ1n) is 7.47. The standard InChI is InChI=1S/C16H22O6S/c1-21-11-7-8-12(22-2)14(23(3,19)20)13(11)16(15(17)18)9-5-4-6-10-16/h7-8H,4-6,9-10H2,1-3H3,(H,17,18). The maximum absolute atomic E-state index is 12.4. The second-order valence-corrected chi connectivity index (χ2v) is 7.85. The predicted octanol–water partition coefficient (Wildman–Crippen LogP) is 2.39. The molecule has 0 bridgehead atoms. The molecular formula is C16H22O6S. The number of benzene rings is 1. The Morgan fingerprint density at radius 3 is 2.04 bits per heavy atom. The zero-order valence-electron chi connectivity index (χ0n) is 13.6. The maximum atomic E-state index is 12.4. The molecule has 0 radical (unpaired) electrons. The van der Waals surface area contributed by atoms with Crippen LogP contribution in [0.3, 0.4) is 0 Å². The molecule has 0 atom stereocenters. The molecule has 1 N–H and O–H groups in total. The molecule has 0 aromatic heterocycles. The highest BCUT2D eigenvalue weighted by atomic mass is 32.2. The number of aliphatic carboxylic acids is 1. The molecule has 23 heavy (non-hydrogen) atoms. The number of ether oxygens (including phenoxy) is 2. The second kappa shape index (κ2) is 6.39. The van der Waals surface area contributed by atoms with Gasteiger partial charge in [0.05, 0.1) is 19.6 Å². The Morgan fingerprint density at radius 1 is 1.09 bits per heavy atom. The zero-order chi connectivity index (χ0) is 17.3. The van der Waals surface area contributed by atoms with Crippen LogP contribution in [0, 0.1) is 0 Å². The minimum atomic E-state index is -3.70. The van der Waals surface area contributed by atoms with Gasteiger partial charge in [-0.25, -0.2) is 8.42 Å². The van der Waals surface area contributed by atoms with Crippen molar-refractivity contribution in [3.63, 3.8) is 0 Å². The Kier molecular flexibility index (Phi) is 4.89. The van der Waals surface area contributed by atoms with Crippen LogP contribution in [0.5, 0.6) is 11.5 Å². The molecule has 0 heterocycles. The van der Waals surface area contributed by atoms with E-state index in [1.807, 2.05) is 0 Å². The van der Waals surface area contributed by atoms with Crippen LogP contribution in [0.15, 0.2) is 17.0 Å². The Bertz CT molecular complexity index is 702. The number of methoxy groups -OCH3 is 2. The van der Waals surface area contributed by atoms with Crippen molar-refractivity contribution < 1.29 is 27.8 Å². The van der Waals surface area contributed by atoms with E-state index in [1.54, 1.807) is 6.07 Å². The third-order valence-corrected chi connectivity index (χ3v) is 5.64. The van der Waals surface area contributed by atoms with E-state index in [-0.39, 0.29) is 22.0 Å². The SMILES string of the molecule is COc1ccc(OC)c(S(C)(=O)=O)c1C1(C(=O)O)CCCCC1. The van der Waals surface area contributed by atoms with Gasteiger partial charge in [0.15, 0.2) is 9.84 Å². The van der Waals surface area contributed by atoms with Gasteiger partial charge in [0.1, 0.15) is 16.4 Å². The van der Waals surface area contributed by atoms with Gasteiger partial charge in [-0.2, -0.15) is 0 Å². The van der Waals surface area contributed by atoms with Crippen molar-refractivity contribution in [3.8, 4) is 11.5 Å². The van der Waals surface area contributed by atoms with Crippen molar-refractivity contribution >= 4 is 15.8 Å². The third kappa shape index (κ3) is 3.02. The van der Waals surface area contributed by atoms with E-state index in [4.69, 9.17) is 9.47 Å². The molecule has 0 amide bonds. The average molecular weight is 342 g/mol. The molecule has 1 aliphatic rings. The van der Waals surface area contributed by atoms with Crippen molar-refractivity contribution in [1.82, 2.24) is 0 Å². The number of sulfone groups is 1. The van der Waals surface area contributed by atoms with E-state index in [2.05, 4.69) is 0 Å². The van der Waals surface area contributed by atoms with Crippen LogP contribution < -0.4 is 9.47 Å². The summed E-state index contributed by atoms with van der Waals surface area (Å²) in [6.07, 6.45) is 4.23. The van der Waals surface area contributed by atoms with E-state index in [0.717, 1.165) is 25.5 Å².